The van der Waals surface area contributed by atoms with Crippen LogP contribution >= 0.6 is 0 Å². The molecule has 0 unspecified atom stereocenters. The quantitative estimate of drug-likeness (QED) is 0.781. The molecule has 0 fully saturated rings. The highest BCUT2D eigenvalue weighted by atomic mass is 19.4. The minimum absolute atomic E-state index is 0.267. The first-order chi connectivity index (χ1) is 6.86. The summed E-state index contributed by atoms with van der Waals surface area (Å²) in [5, 5.41) is 0. The second-order valence-electron chi connectivity index (χ2n) is 3.11. The van der Waals surface area contributed by atoms with Gasteiger partial charge in [0, 0.05) is 12.2 Å². The molecule has 1 aromatic rings. The van der Waals surface area contributed by atoms with Gasteiger partial charge in [-0.2, -0.15) is 13.2 Å². The summed E-state index contributed by atoms with van der Waals surface area (Å²) >= 11 is 0. The van der Waals surface area contributed by atoms with Crippen LogP contribution in [0.3, 0.4) is 0 Å². The summed E-state index contributed by atoms with van der Waals surface area (Å²) in [6, 6.07) is 0.290. The van der Waals surface area contributed by atoms with Crippen LogP contribution in [0.2, 0.25) is 0 Å². The van der Waals surface area contributed by atoms with Crippen molar-refractivity contribution < 1.29 is 17.6 Å². The standard InChI is InChI=1S/C9H10F4N2/c1-2-7(14)5-3-6(10)8(15-4-5)9(11,12)13/h3-4,7H,2,14H2,1H3/t7-/m1/s1. The summed E-state index contributed by atoms with van der Waals surface area (Å²) in [6.45, 7) is 1.75. The van der Waals surface area contributed by atoms with Gasteiger partial charge in [-0.05, 0) is 18.1 Å². The van der Waals surface area contributed by atoms with Crippen molar-refractivity contribution in [2.75, 3.05) is 0 Å². The third-order valence-corrected chi connectivity index (χ3v) is 2.00. The smallest absolute Gasteiger partial charge is 0.324 e. The maximum atomic E-state index is 13.0. The van der Waals surface area contributed by atoms with E-state index in [4.69, 9.17) is 5.73 Å². The van der Waals surface area contributed by atoms with E-state index in [9.17, 15) is 17.6 Å². The molecule has 0 aromatic carbocycles. The average Bonchev–Trinajstić information content (AvgIpc) is 2.14. The second-order valence-corrected chi connectivity index (χ2v) is 3.11. The zero-order valence-electron chi connectivity index (χ0n) is 7.98. The predicted molar refractivity (Wildman–Crippen MR) is 46.4 cm³/mol. The van der Waals surface area contributed by atoms with Gasteiger partial charge in [-0.25, -0.2) is 9.37 Å². The largest absolute Gasteiger partial charge is 0.436 e. The molecule has 0 amide bonds. The fraction of sp³-hybridized carbons (Fsp3) is 0.444. The van der Waals surface area contributed by atoms with Crippen molar-refractivity contribution in [1.29, 1.82) is 0 Å². The second kappa shape index (κ2) is 4.14. The first kappa shape index (κ1) is 11.9. The van der Waals surface area contributed by atoms with Crippen molar-refractivity contribution in [3.05, 3.63) is 29.3 Å². The molecule has 0 aliphatic rings. The Kier molecular flexibility index (Phi) is 3.28. The van der Waals surface area contributed by atoms with Gasteiger partial charge in [0.15, 0.2) is 11.5 Å². The van der Waals surface area contributed by atoms with Crippen molar-refractivity contribution in [2.45, 2.75) is 25.6 Å². The number of nitrogens with two attached hydrogens (primary N) is 1. The highest BCUT2D eigenvalue weighted by Crippen LogP contribution is 2.30. The minimum Gasteiger partial charge on any atom is -0.324 e. The number of halogens is 4. The number of hydrogen-bond donors (Lipinski definition) is 1. The molecule has 0 spiro atoms. The molecule has 0 bridgehead atoms. The molecular formula is C9H10F4N2. The Morgan fingerprint density at radius 1 is 1.47 bits per heavy atom. The maximum Gasteiger partial charge on any atom is 0.436 e. The molecule has 2 N–H and O–H groups in total. The normalized spacial score (nSPS) is 14.0. The topological polar surface area (TPSA) is 38.9 Å². The molecular weight excluding hydrogens is 212 g/mol. The minimum atomic E-state index is -4.76. The summed E-state index contributed by atoms with van der Waals surface area (Å²) in [6.07, 6.45) is -3.30. The van der Waals surface area contributed by atoms with E-state index < -0.39 is 23.7 Å². The van der Waals surface area contributed by atoms with Crippen LogP contribution in [0.1, 0.15) is 30.6 Å². The number of alkyl halides is 3. The van der Waals surface area contributed by atoms with Crippen molar-refractivity contribution in [3.63, 3.8) is 0 Å². The van der Waals surface area contributed by atoms with Crippen LogP contribution in [0, 0.1) is 5.82 Å². The maximum absolute atomic E-state index is 13.0. The molecule has 1 aromatic heterocycles. The summed E-state index contributed by atoms with van der Waals surface area (Å²) in [5.41, 5.74) is 4.30. The van der Waals surface area contributed by atoms with Crippen LogP contribution in [0.4, 0.5) is 17.6 Å². The molecule has 0 saturated carbocycles. The zero-order chi connectivity index (χ0) is 11.6. The van der Waals surface area contributed by atoms with Gasteiger partial charge in [-0.1, -0.05) is 6.92 Å². The van der Waals surface area contributed by atoms with E-state index in [0.29, 0.717) is 6.42 Å². The van der Waals surface area contributed by atoms with Crippen molar-refractivity contribution in [1.82, 2.24) is 4.98 Å². The first-order valence-corrected chi connectivity index (χ1v) is 4.34. The molecule has 0 saturated heterocycles. The van der Waals surface area contributed by atoms with Gasteiger partial charge in [0.2, 0.25) is 0 Å². The van der Waals surface area contributed by atoms with Crippen LogP contribution in [0.15, 0.2) is 12.3 Å². The van der Waals surface area contributed by atoms with Crippen molar-refractivity contribution >= 4 is 0 Å². The van der Waals surface area contributed by atoms with Crippen LogP contribution < -0.4 is 5.73 Å². The van der Waals surface area contributed by atoms with Gasteiger partial charge in [0.1, 0.15) is 0 Å². The van der Waals surface area contributed by atoms with E-state index in [-0.39, 0.29) is 5.56 Å². The van der Waals surface area contributed by atoms with Gasteiger partial charge >= 0.3 is 6.18 Å². The van der Waals surface area contributed by atoms with Crippen LogP contribution in [-0.2, 0) is 6.18 Å². The van der Waals surface area contributed by atoms with Crippen LogP contribution in [0.5, 0.6) is 0 Å². The SMILES string of the molecule is CC[C@@H](N)c1cnc(C(F)(F)F)c(F)c1. The number of nitrogens with zero attached hydrogens (tertiary/aromatic N) is 1. The predicted octanol–water partition coefficient (Wildman–Crippen LogP) is 2.65. The van der Waals surface area contributed by atoms with E-state index in [1.54, 1.807) is 6.92 Å². The summed E-state index contributed by atoms with van der Waals surface area (Å²) in [7, 11) is 0. The molecule has 2 nitrogen and oxygen atoms in total. The summed E-state index contributed by atoms with van der Waals surface area (Å²) in [4.78, 5) is 3.04. The van der Waals surface area contributed by atoms with Crippen LogP contribution in [0.25, 0.3) is 0 Å². The molecule has 84 valence electrons. The van der Waals surface area contributed by atoms with Crippen molar-refractivity contribution in [3.8, 4) is 0 Å². The number of pyridine rings is 1. The third kappa shape index (κ3) is 2.65. The van der Waals surface area contributed by atoms with Crippen LogP contribution in [-0.4, -0.2) is 4.98 Å². The highest BCUT2D eigenvalue weighted by Gasteiger charge is 2.36. The van der Waals surface area contributed by atoms with E-state index in [1.165, 1.54) is 0 Å². The van der Waals surface area contributed by atoms with E-state index in [0.717, 1.165) is 12.3 Å². The zero-order valence-corrected chi connectivity index (χ0v) is 7.98. The number of hydrogen-bond acceptors (Lipinski definition) is 2. The lowest BCUT2D eigenvalue weighted by atomic mass is 10.1. The lowest BCUT2D eigenvalue weighted by molar-refractivity contribution is -0.143. The van der Waals surface area contributed by atoms with E-state index in [2.05, 4.69) is 4.98 Å². The molecule has 15 heavy (non-hydrogen) atoms. The highest BCUT2D eigenvalue weighted by molar-refractivity contribution is 5.20. The van der Waals surface area contributed by atoms with Gasteiger partial charge in [-0.3, -0.25) is 0 Å². The molecule has 0 aliphatic heterocycles. The fourth-order valence-corrected chi connectivity index (χ4v) is 1.10. The molecule has 0 radical (unpaired) electrons. The Balaban J connectivity index is 3.09. The van der Waals surface area contributed by atoms with Gasteiger partial charge in [0.05, 0.1) is 0 Å². The number of aromatic nitrogens is 1. The lowest BCUT2D eigenvalue weighted by Crippen LogP contribution is -2.14. The Hall–Kier alpha value is -1.17. The average molecular weight is 222 g/mol. The molecule has 1 atom stereocenters. The first-order valence-electron chi connectivity index (χ1n) is 4.34. The van der Waals surface area contributed by atoms with Crippen molar-refractivity contribution in [2.24, 2.45) is 5.73 Å². The molecule has 1 heterocycles. The van der Waals surface area contributed by atoms with E-state index in [1.807, 2.05) is 0 Å². The third-order valence-electron chi connectivity index (χ3n) is 2.00. The van der Waals surface area contributed by atoms with Gasteiger partial charge in [0.25, 0.3) is 0 Å². The Morgan fingerprint density at radius 2 is 2.07 bits per heavy atom. The monoisotopic (exact) mass is 222 g/mol. The van der Waals surface area contributed by atoms with E-state index >= 15 is 0 Å². The Bertz CT molecular complexity index is 348. The van der Waals surface area contributed by atoms with Gasteiger partial charge < -0.3 is 5.73 Å². The number of rotatable bonds is 2. The fourth-order valence-electron chi connectivity index (χ4n) is 1.10. The Labute approximate surface area is 84.1 Å². The summed E-state index contributed by atoms with van der Waals surface area (Å²) in [5.74, 6) is -1.39. The molecule has 6 heteroatoms. The van der Waals surface area contributed by atoms with Gasteiger partial charge in [-0.15, -0.1) is 0 Å². The Morgan fingerprint density at radius 3 is 2.47 bits per heavy atom. The summed E-state index contributed by atoms with van der Waals surface area (Å²) < 4.78 is 49.4. The molecule has 0 aliphatic carbocycles. The lowest BCUT2D eigenvalue weighted by Gasteiger charge is -2.11. The molecule has 1 rings (SSSR count).